The fraction of sp³-hybridized carbons (Fsp3) is 0.318. The van der Waals surface area contributed by atoms with Gasteiger partial charge >= 0.3 is 0 Å². The summed E-state index contributed by atoms with van der Waals surface area (Å²) in [5.74, 6) is 0.194. The zero-order valence-electron chi connectivity index (χ0n) is 19.2. The number of amides is 1. The van der Waals surface area contributed by atoms with Crippen molar-refractivity contribution >= 4 is 55.7 Å². The third-order valence-corrected chi connectivity index (χ3v) is 6.72. The van der Waals surface area contributed by atoms with E-state index in [4.69, 9.17) is 5.73 Å². The monoisotopic (exact) mass is 547 g/mol. The maximum atomic E-state index is 13.0. The van der Waals surface area contributed by atoms with Gasteiger partial charge in [-0.3, -0.25) is 19.0 Å². The second kappa shape index (κ2) is 10.9. The number of nitrogens with one attached hydrogen (secondary N) is 3. The molecule has 0 fully saturated rings. The molecule has 0 aliphatic heterocycles. The molecule has 1 unspecified atom stereocenters. The number of rotatable bonds is 8. The molecule has 0 saturated carbocycles. The molecular formula is C22H26BrN7O3S. The number of aliphatic hydroxyl groups excluding tert-OH is 1. The maximum absolute atomic E-state index is 13.0. The molecule has 0 aliphatic rings. The predicted octanol–water partition coefficient (Wildman–Crippen LogP) is 3.39. The van der Waals surface area contributed by atoms with Gasteiger partial charge in [-0.1, -0.05) is 6.92 Å². The zero-order valence-corrected chi connectivity index (χ0v) is 21.6. The van der Waals surface area contributed by atoms with Crippen LogP contribution in [0, 0.1) is 20.8 Å². The van der Waals surface area contributed by atoms with E-state index < -0.39 is 0 Å². The molecule has 12 heteroatoms. The van der Waals surface area contributed by atoms with E-state index in [9.17, 15) is 14.7 Å². The largest absolute Gasteiger partial charge is 0.394 e. The maximum Gasteiger partial charge on any atom is 0.271 e. The highest BCUT2D eigenvalue weighted by molar-refractivity contribution is 9.10. The number of carbonyl (C=O) groups excluding carboxylic acids is 1. The standard InChI is InChI=1S/C22H26BrN7O3S/c1-5-13(8-31)27-18(24)17-21(33)30-34-22(17)28-14-6-10(2)16(15(23)7-14)20(32)29-19-11(3)12(4)25-9-26-19/h6-7,9,13,28,31H,5,8H2,1-4H3,(H2,24,27)(H,30,33)(H,25,26,29,32). The number of carbonyl (C=O) groups is 1. The van der Waals surface area contributed by atoms with Crippen molar-refractivity contribution in [1.82, 2.24) is 14.3 Å². The average molecular weight is 548 g/mol. The average Bonchev–Trinajstić information content (AvgIpc) is 3.14. The number of hydrogen-bond acceptors (Lipinski definition) is 8. The summed E-state index contributed by atoms with van der Waals surface area (Å²) in [5.41, 5.74) is 9.31. The van der Waals surface area contributed by atoms with Crippen molar-refractivity contribution in [2.24, 2.45) is 10.7 Å². The predicted molar refractivity (Wildman–Crippen MR) is 138 cm³/mol. The fourth-order valence-corrected chi connectivity index (χ4v) is 4.72. The van der Waals surface area contributed by atoms with Crippen molar-refractivity contribution in [1.29, 1.82) is 0 Å². The first-order valence-corrected chi connectivity index (χ1v) is 12.1. The number of aromatic nitrogens is 3. The molecule has 1 aromatic carbocycles. The van der Waals surface area contributed by atoms with Crippen LogP contribution in [0.2, 0.25) is 0 Å². The van der Waals surface area contributed by atoms with Gasteiger partial charge in [0.05, 0.1) is 18.2 Å². The van der Waals surface area contributed by atoms with Gasteiger partial charge in [0.15, 0.2) is 0 Å². The van der Waals surface area contributed by atoms with Crippen LogP contribution in [0.3, 0.4) is 0 Å². The van der Waals surface area contributed by atoms with Gasteiger partial charge < -0.3 is 21.5 Å². The van der Waals surface area contributed by atoms with Gasteiger partial charge in [0, 0.05) is 21.4 Å². The van der Waals surface area contributed by atoms with E-state index >= 15 is 0 Å². The molecule has 180 valence electrons. The quantitative estimate of drug-likeness (QED) is 0.213. The first kappa shape index (κ1) is 25.5. The lowest BCUT2D eigenvalue weighted by atomic mass is 10.1. The molecule has 34 heavy (non-hydrogen) atoms. The smallest absolute Gasteiger partial charge is 0.271 e. The van der Waals surface area contributed by atoms with E-state index in [-0.39, 0.29) is 35.5 Å². The lowest BCUT2D eigenvalue weighted by Crippen LogP contribution is -2.25. The molecule has 0 radical (unpaired) electrons. The number of benzene rings is 1. The Balaban J connectivity index is 1.89. The van der Waals surface area contributed by atoms with Crippen LogP contribution >= 0.6 is 27.5 Å². The van der Waals surface area contributed by atoms with E-state index in [0.717, 1.165) is 22.8 Å². The third-order valence-electron chi connectivity index (χ3n) is 5.30. The van der Waals surface area contributed by atoms with Crippen molar-refractivity contribution in [2.75, 3.05) is 17.2 Å². The van der Waals surface area contributed by atoms with Crippen molar-refractivity contribution in [3.8, 4) is 0 Å². The molecule has 2 heterocycles. The van der Waals surface area contributed by atoms with Gasteiger partial charge in [0.2, 0.25) is 0 Å². The normalized spacial score (nSPS) is 12.5. The summed E-state index contributed by atoms with van der Waals surface area (Å²) in [7, 11) is 0. The molecule has 0 aliphatic carbocycles. The summed E-state index contributed by atoms with van der Waals surface area (Å²) in [6.07, 6.45) is 2.00. The number of amidine groups is 1. The summed E-state index contributed by atoms with van der Waals surface area (Å²) >= 11 is 4.57. The highest BCUT2D eigenvalue weighted by Crippen LogP contribution is 2.30. The van der Waals surface area contributed by atoms with Crippen LogP contribution in [-0.2, 0) is 0 Å². The Labute approximate surface area is 209 Å². The topological polar surface area (TPSA) is 158 Å². The lowest BCUT2D eigenvalue weighted by molar-refractivity contribution is 0.102. The van der Waals surface area contributed by atoms with Gasteiger partial charge in [0.25, 0.3) is 11.5 Å². The molecule has 3 rings (SSSR count). The van der Waals surface area contributed by atoms with Crippen LogP contribution in [0.1, 0.15) is 46.1 Å². The van der Waals surface area contributed by atoms with Crippen LogP contribution in [0.5, 0.6) is 0 Å². The van der Waals surface area contributed by atoms with Crippen molar-refractivity contribution < 1.29 is 9.90 Å². The van der Waals surface area contributed by atoms with Gasteiger partial charge in [-0.25, -0.2) is 9.97 Å². The lowest BCUT2D eigenvalue weighted by Gasteiger charge is -2.14. The SMILES string of the molecule is CCC(CO)N=C(N)c1c(Nc2cc(C)c(C(=O)Nc3ncnc(C)c3C)c(Br)c2)s[nH]c1=O. The number of halogens is 1. The molecule has 0 saturated heterocycles. The van der Waals surface area contributed by atoms with E-state index in [2.05, 4.69) is 45.9 Å². The molecule has 2 aromatic heterocycles. The van der Waals surface area contributed by atoms with Gasteiger partial charge in [-0.05, 0) is 72.4 Å². The Kier molecular flexibility index (Phi) is 8.18. The molecular weight excluding hydrogens is 522 g/mol. The van der Waals surface area contributed by atoms with Gasteiger partial charge in [-0.15, -0.1) is 0 Å². The number of H-pyrrole nitrogens is 1. The number of nitrogens with two attached hydrogens (primary N) is 1. The molecule has 6 N–H and O–H groups in total. The Morgan fingerprint density at radius 2 is 2.03 bits per heavy atom. The highest BCUT2D eigenvalue weighted by Gasteiger charge is 2.19. The van der Waals surface area contributed by atoms with Crippen LogP contribution in [0.25, 0.3) is 0 Å². The fourth-order valence-electron chi connectivity index (χ4n) is 3.21. The van der Waals surface area contributed by atoms with Gasteiger partial charge in [-0.2, -0.15) is 0 Å². The molecule has 3 aromatic rings. The summed E-state index contributed by atoms with van der Waals surface area (Å²) < 4.78 is 3.22. The highest BCUT2D eigenvalue weighted by atomic mass is 79.9. The van der Waals surface area contributed by atoms with Crippen molar-refractivity contribution in [3.05, 3.63) is 61.2 Å². The van der Waals surface area contributed by atoms with Crippen LogP contribution in [-0.4, -0.2) is 43.8 Å². The minimum Gasteiger partial charge on any atom is -0.394 e. The first-order chi connectivity index (χ1) is 16.2. The Morgan fingerprint density at radius 1 is 1.29 bits per heavy atom. The summed E-state index contributed by atoms with van der Waals surface area (Å²) in [5, 5.41) is 15.9. The van der Waals surface area contributed by atoms with E-state index in [0.29, 0.717) is 38.5 Å². The third kappa shape index (κ3) is 5.51. The van der Waals surface area contributed by atoms with E-state index in [1.807, 2.05) is 27.7 Å². The second-order valence-corrected chi connectivity index (χ2v) is 9.33. The molecule has 10 nitrogen and oxygen atoms in total. The van der Waals surface area contributed by atoms with Gasteiger partial charge in [0.1, 0.15) is 28.5 Å². The van der Waals surface area contributed by atoms with Crippen molar-refractivity contribution in [3.63, 3.8) is 0 Å². The molecule has 1 atom stereocenters. The number of anilines is 3. The summed E-state index contributed by atoms with van der Waals surface area (Å²) in [6, 6.07) is 3.15. The Hall–Kier alpha value is -3.09. The Morgan fingerprint density at radius 3 is 2.68 bits per heavy atom. The van der Waals surface area contributed by atoms with E-state index in [1.165, 1.54) is 6.33 Å². The zero-order chi connectivity index (χ0) is 25.0. The molecule has 0 spiro atoms. The first-order valence-electron chi connectivity index (χ1n) is 10.5. The summed E-state index contributed by atoms with van der Waals surface area (Å²) in [6.45, 7) is 7.22. The molecule has 1 amide bonds. The minimum absolute atomic E-state index is 0.0493. The van der Waals surface area contributed by atoms with Crippen molar-refractivity contribution in [2.45, 2.75) is 40.2 Å². The van der Waals surface area contributed by atoms with Crippen LogP contribution < -0.4 is 21.9 Å². The number of aliphatic imine (C=N–C) groups is 1. The number of aryl methyl sites for hydroxylation is 2. The molecule has 0 bridgehead atoms. The second-order valence-electron chi connectivity index (χ2n) is 7.66. The van der Waals surface area contributed by atoms with E-state index in [1.54, 1.807) is 12.1 Å². The number of nitrogens with zero attached hydrogens (tertiary/aromatic N) is 3. The minimum atomic E-state index is -0.386. The summed E-state index contributed by atoms with van der Waals surface area (Å²) in [4.78, 5) is 37.9. The number of hydrogen-bond donors (Lipinski definition) is 5. The number of aliphatic hydroxyl groups is 1. The van der Waals surface area contributed by atoms with Crippen LogP contribution in [0.4, 0.5) is 16.5 Å². The number of aromatic amines is 1. The Bertz CT molecular complexity index is 1270. The van der Waals surface area contributed by atoms with Crippen LogP contribution in [0.15, 0.2) is 32.7 Å².